The van der Waals surface area contributed by atoms with E-state index in [9.17, 15) is 4.79 Å². The highest BCUT2D eigenvalue weighted by Gasteiger charge is 2.27. The predicted octanol–water partition coefficient (Wildman–Crippen LogP) is 1.97. The predicted molar refractivity (Wildman–Crippen MR) is 74.8 cm³/mol. The number of aryl methyl sites for hydroxylation is 2. The lowest BCUT2D eigenvalue weighted by Gasteiger charge is -2.21. The van der Waals surface area contributed by atoms with Gasteiger partial charge in [0.2, 0.25) is 0 Å². The summed E-state index contributed by atoms with van der Waals surface area (Å²) in [5.74, 6) is -0.231. The van der Waals surface area contributed by atoms with Crippen molar-refractivity contribution >= 4 is 5.97 Å². The van der Waals surface area contributed by atoms with Crippen LogP contribution in [0.4, 0.5) is 0 Å². The smallest absolute Gasteiger partial charge is 0.327 e. The molecule has 0 aliphatic heterocycles. The van der Waals surface area contributed by atoms with Crippen LogP contribution >= 0.6 is 0 Å². The molecule has 2 unspecified atom stereocenters. The fraction of sp³-hybridized carbons (Fsp3) is 0.714. The van der Waals surface area contributed by atoms with Gasteiger partial charge in [-0.3, -0.25) is 10.00 Å². The number of nitrogens with zero attached hydrogens (tertiary/aromatic N) is 2. The molecule has 108 valence electrons. The lowest BCUT2D eigenvalue weighted by Crippen LogP contribution is -2.36. The van der Waals surface area contributed by atoms with Gasteiger partial charge in [-0.25, -0.2) is 4.79 Å². The molecular formula is C14H25N3O2. The summed E-state index contributed by atoms with van der Waals surface area (Å²) in [5, 5.41) is 7.72. The first-order valence-corrected chi connectivity index (χ1v) is 6.98. The van der Waals surface area contributed by atoms with Gasteiger partial charge in [0, 0.05) is 24.8 Å². The van der Waals surface area contributed by atoms with Crippen molar-refractivity contribution in [3.8, 4) is 0 Å². The van der Waals surface area contributed by atoms with Crippen molar-refractivity contribution in [2.75, 3.05) is 6.61 Å². The van der Waals surface area contributed by atoms with Crippen LogP contribution in [0.3, 0.4) is 0 Å². The molecule has 1 aromatic heterocycles. The SMILES string of the molecule is CCOC(=O)C(NC(C)CC)c1cn(C)nc1CC. The zero-order chi connectivity index (χ0) is 14.4. The molecule has 0 aromatic carbocycles. The van der Waals surface area contributed by atoms with Gasteiger partial charge < -0.3 is 4.74 Å². The van der Waals surface area contributed by atoms with Crippen molar-refractivity contribution in [2.45, 2.75) is 52.6 Å². The van der Waals surface area contributed by atoms with Gasteiger partial charge in [0.25, 0.3) is 0 Å². The van der Waals surface area contributed by atoms with Gasteiger partial charge in [-0.2, -0.15) is 5.10 Å². The van der Waals surface area contributed by atoms with Crippen LogP contribution < -0.4 is 5.32 Å². The number of hydrogen-bond donors (Lipinski definition) is 1. The van der Waals surface area contributed by atoms with Gasteiger partial charge in [0.1, 0.15) is 6.04 Å². The van der Waals surface area contributed by atoms with Crippen molar-refractivity contribution < 1.29 is 9.53 Å². The Morgan fingerprint density at radius 3 is 2.68 bits per heavy atom. The highest BCUT2D eigenvalue weighted by atomic mass is 16.5. The van der Waals surface area contributed by atoms with E-state index < -0.39 is 6.04 Å². The summed E-state index contributed by atoms with van der Waals surface area (Å²) in [7, 11) is 1.87. The number of hydrogen-bond acceptors (Lipinski definition) is 4. The Morgan fingerprint density at radius 2 is 2.16 bits per heavy atom. The Labute approximate surface area is 115 Å². The number of aromatic nitrogens is 2. The quantitative estimate of drug-likeness (QED) is 0.767. The molecule has 1 heterocycles. The second-order valence-electron chi connectivity index (χ2n) is 4.72. The molecule has 2 atom stereocenters. The maximum Gasteiger partial charge on any atom is 0.327 e. The Balaban J connectivity index is 3.03. The molecule has 0 amide bonds. The fourth-order valence-corrected chi connectivity index (χ4v) is 1.98. The molecule has 5 heteroatoms. The third-order valence-corrected chi connectivity index (χ3v) is 3.17. The van der Waals surface area contributed by atoms with Crippen LogP contribution in [0.2, 0.25) is 0 Å². The molecule has 0 aliphatic carbocycles. The first-order chi connectivity index (χ1) is 9.03. The molecule has 5 nitrogen and oxygen atoms in total. The summed E-state index contributed by atoms with van der Waals surface area (Å²) < 4.78 is 6.92. The molecule has 0 fully saturated rings. The van der Waals surface area contributed by atoms with E-state index in [1.54, 1.807) is 4.68 Å². The average molecular weight is 267 g/mol. The van der Waals surface area contributed by atoms with Gasteiger partial charge in [0.15, 0.2) is 0 Å². The number of rotatable bonds is 7. The summed E-state index contributed by atoms with van der Waals surface area (Å²) in [4.78, 5) is 12.2. The minimum Gasteiger partial charge on any atom is -0.465 e. The van der Waals surface area contributed by atoms with E-state index in [0.29, 0.717) is 6.61 Å². The third kappa shape index (κ3) is 4.06. The van der Waals surface area contributed by atoms with Crippen LogP contribution in [0.1, 0.15) is 51.4 Å². The Kier molecular flexibility index (Phi) is 6.02. The third-order valence-electron chi connectivity index (χ3n) is 3.17. The van der Waals surface area contributed by atoms with E-state index in [1.165, 1.54) is 0 Å². The van der Waals surface area contributed by atoms with Crippen molar-refractivity contribution in [3.05, 3.63) is 17.5 Å². The first-order valence-electron chi connectivity index (χ1n) is 6.98. The summed E-state index contributed by atoms with van der Waals surface area (Å²) in [6, 6.07) is -0.183. The zero-order valence-electron chi connectivity index (χ0n) is 12.6. The van der Waals surface area contributed by atoms with E-state index >= 15 is 0 Å². The van der Waals surface area contributed by atoms with Crippen LogP contribution in [0, 0.1) is 0 Å². The number of ether oxygens (including phenoxy) is 1. The molecule has 0 aliphatic rings. The Bertz CT molecular complexity index is 415. The van der Waals surface area contributed by atoms with Crippen LogP contribution in [0.25, 0.3) is 0 Å². The summed E-state index contributed by atoms with van der Waals surface area (Å²) in [5.41, 5.74) is 1.86. The minimum atomic E-state index is -0.432. The van der Waals surface area contributed by atoms with Gasteiger partial charge in [0.05, 0.1) is 12.3 Å². The van der Waals surface area contributed by atoms with Crippen molar-refractivity contribution in [1.29, 1.82) is 0 Å². The van der Waals surface area contributed by atoms with Crippen LogP contribution in [-0.4, -0.2) is 28.4 Å². The monoisotopic (exact) mass is 267 g/mol. The molecule has 0 saturated carbocycles. The van der Waals surface area contributed by atoms with E-state index in [2.05, 4.69) is 24.3 Å². The second kappa shape index (κ2) is 7.28. The number of esters is 1. The van der Waals surface area contributed by atoms with E-state index in [4.69, 9.17) is 4.74 Å². The minimum absolute atomic E-state index is 0.231. The van der Waals surface area contributed by atoms with Crippen LogP contribution in [0.15, 0.2) is 6.20 Å². The molecule has 1 aromatic rings. The lowest BCUT2D eigenvalue weighted by atomic mass is 10.0. The average Bonchev–Trinajstić information content (AvgIpc) is 2.76. The van der Waals surface area contributed by atoms with Gasteiger partial charge >= 0.3 is 5.97 Å². The first kappa shape index (κ1) is 15.7. The summed E-state index contributed by atoms with van der Waals surface area (Å²) in [6.07, 6.45) is 3.65. The fourth-order valence-electron chi connectivity index (χ4n) is 1.98. The second-order valence-corrected chi connectivity index (χ2v) is 4.72. The van der Waals surface area contributed by atoms with E-state index in [1.807, 2.05) is 27.1 Å². The van der Waals surface area contributed by atoms with Crippen molar-refractivity contribution in [2.24, 2.45) is 7.05 Å². The highest BCUT2D eigenvalue weighted by molar-refractivity contribution is 5.78. The van der Waals surface area contributed by atoms with Gasteiger partial charge in [-0.15, -0.1) is 0 Å². The molecule has 0 spiro atoms. The molecular weight excluding hydrogens is 242 g/mol. The standard InChI is InChI=1S/C14H25N3O2/c1-6-10(4)15-13(14(18)19-8-3)11-9-17(5)16-12(11)7-2/h9-10,13,15H,6-8H2,1-5H3. The molecule has 0 bridgehead atoms. The maximum absolute atomic E-state index is 12.2. The molecule has 0 saturated heterocycles. The van der Waals surface area contributed by atoms with E-state index in [-0.39, 0.29) is 12.0 Å². The lowest BCUT2D eigenvalue weighted by molar-refractivity contribution is -0.146. The number of carbonyl (C=O) groups is 1. The van der Waals surface area contributed by atoms with Crippen molar-refractivity contribution in [3.63, 3.8) is 0 Å². The highest BCUT2D eigenvalue weighted by Crippen LogP contribution is 2.20. The zero-order valence-corrected chi connectivity index (χ0v) is 12.6. The summed E-state index contributed by atoms with van der Waals surface area (Å²) in [6.45, 7) is 8.40. The molecule has 1 N–H and O–H groups in total. The van der Waals surface area contributed by atoms with Gasteiger partial charge in [-0.1, -0.05) is 13.8 Å². The summed E-state index contributed by atoms with van der Waals surface area (Å²) >= 11 is 0. The molecule has 19 heavy (non-hydrogen) atoms. The van der Waals surface area contributed by atoms with Gasteiger partial charge in [-0.05, 0) is 26.7 Å². The van der Waals surface area contributed by atoms with Crippen LogP contribution in [-0.2, 0) is 23.0 Å². The van der Waals surface area contributed by atoms with Crippen molar-refractivity contribution in [1.82, 2.24) is 15.1 Å². The Morgan fingerprint density at radius 1 is 1.47 bits per heavy atom. The molecule has 0 radical (unpaired) electrons. The topological polar surface area (TPSA) is 56.1 Å². The molecule has 1 rings (SSSR count). The Hall–Kier alpha value is -1.36. The van der Waals surface area contributed by atoms with E-state index in [0.717, 1.165) is 24.1 Å². The number of carbonyl (C=O) groups excluding carboxylic acids is 1. The number of nitrogens with one attached hydrogen (secondary N) is 1. The van der Waals surface area contributed by atoms with Crippen LogP contribution in [0.5, 0.6) is 0 Å². The largest absolute Gasteiger partial charge is 0.465 e. The normalized spacial score (nSPS) is 14.2. The maximum atomic E-state index is 12.2.